The fourth-order valence-corrected chi connectivity index (χ4v) is 3.52. The third-order valence-electron chi connectivity index (χ3n) is 5.15. The monoisotopic (exact) mass is 358 g/mol. The quantitative estimate of drug-likeness (QED) is 0.805. The van der Waals surface area contributed by atoms with Gasteiger partial charge >= 0.3 is 5.97 Å². The van der Waals surface area contributed by atoms with Crippen molar-refractivity contribution in [3.8, 4) is 0 Å². The highest BCUT2D eigenvalue weighted by atomic mass is 16.4. The van der Waals surface area contributed by atoms with Gasteiger partial charge < -0.3 is 19.7 Å². The summed E-state index contributed by atoms with van der Waals surface area (Å²) in [7, 11) is 0. The summed E-state index contributed by atoms with van der Waals surface area (Å²) >= 11 is 0. The molecule has 1 saturated heterocycles. The highest BCUT2D eigenvalue weighted by Gasteiger charge is 2.28. The Morgan fingerprint density at radius 1 is 1.19 bits per heavy atom. The van der Waals surface area contributed by atoms with Gasteiger partial charge in [-0.05, 0) is 25.0 Å². The molecule has 0 bridgehead atoms. The summed E-state index contributed by atoms with van der Waals surface area (Å²) in [6.07, 6.45) is 3.40. The van der Waals surface area contributed by atoms with Crippen molar-refractivity contribution in [2.75, 3.05) is 44.2 Å². The van der Waals surface area contributed by atoms with Gasteiger partial charge in [0.25, 0.3) is 0 Å². The molecule has 1 aliphatic carbocycles. The average molecular weight is 358 g/mol. The van der Waals surface area contributed by atoms with Crippen molar-refractivity contribution >= 4 is 22.8 Å². The predicted octanol–water partition coefficient (Wildman–Crippen LogP) is 0.544. The van der Waals surface area contributed by atoms with Gasteiger partial charge in [0, 0.05) is 45.0 Å². The molecule has 4 rings (SSSR count). The van der Waals surface area contributed by atoms with Gasteiger partial charge in [0.15, 0.2) is 0 Å². The zero-order valence-corrected chi connectivity index (χ0v) is 14.5. The van der Waals surface area contributed by atoms with Crippen LogP contribution in [0.4, 0.5) is 5.82 Å². The Morgan fingerprint density at radius 2 is 1.92 bits per heavy atom. The standard InChI is InChI=1S/C18H22N4O4/c23-10-9-20-5-7-21(8-6-20)15-4-3-13-16(24)14(18(25)26)11-22(12-1-2-12)17(13)19-15/h3-4,11-12,23H,1-2,5-10H2,(H,25,26). The molecule has 2 N–H and O–H groups in total. The lowest BCUT2D eigenvalue weighted by atomic mass is 10.2. The molecule has 2 aromatic heterocycles. The van der Waals surface area contributed by atoms with Gasteiger partial charge in [-0.1, -0.05) is 0 Å². The maximum absolute atomic E-state index is 12.5. The molecule has 3 heterocycles. The lowest BCUT2D eigenvalue weighted by Gasteiger charge is -2.35. The van der Waals surface area contributed by atoms with Crippen LogP contribution in [0.2, 0.25) is 0 Å². The number of carboxylic acid groups (broad SMARTS) is 1. The van der Waals surface area contributed by atoms with Crippen LogP contribution in [0.1, 0.15) is 29.2 Å². The Kier molecular flexibility index (Phi) is 4.37. The van der Waals surface area contributed by atoms with Crippen molar-refractivity contribution in [1.29, 1.82) is 0 Å². The number of rotatable bonds is 5. The van der Waals surface area contributed by atoms with E-state index in [0.29, 0.717) is 17.6 Å². The number of carboxylic acids is 1. The SMILES string of the molecule is O=C(O)c1cn(C2CC2)c2nc(N3CCN(CCO)CC3)ccc2c1=O. The number of hydrogen-bond acceptors (Lipinski definition) is 6. The van der Waals surface area contributed by atoms with Crippen LogP contribution < -0.4 is 10.3 Å². The molecular weight excluding hydrogens is 336 g/mol. The molecule has 1 aliphatic heterocycles. The van der Waals surface area contributed by atoms with Gasteiger partial charge in [-0.15, -0.1) is 0 Å². The molecule has 8 heteroatoms. The van der Waals surface area contributed by atoms with Crippen LogP contribution in [0, 0.1) is 0 Å². The number of aromatic carboxylic acids is 1. The Labute approximate surface area is 150 Å². The van der Waals surface area contributed by atoms with Crippen LogP contribution >= 0.6 is 0 Å². The Hall–Kier alpha value is -2.45. The van der Waals surface area contributed by atoms with E-state index in [-0.39, 0.29) is 18.2 Å². The fraction of sp³-hybridized carbons (Fsp3) is 0.500. The van der Waals surface area contributed by atoms with E-state index < -0.39 is 11.4 Å². The highest BCUT2D eigenvalue weighted by Crippen LogP contribution is 2.36. The van der Waals surface area contributed by atoms with E-state index in [1.165, 1.54) is 6.20 Å². The number of anilines is 1. The molecule has 2 aromatic rings. The molecular formula is C18H22N4O4. The van der Waals surface area contributed by atoms with Crippen LogP contribution in [0.25, 0.3) is 11.0 Å². The van der Waals surface area contributed by atoms with E-state index >= 15 is 0 Å². The summed E-state index contributed by atoms with van der Waals surface area (Å²) in [6, 6.07) is 3.72. The second-order valence-electron chi connectivity index (χ2n) is 6.91. The molecule has 8 nitrogen and oxygen atoms in total. The van der Waals surface area contributed by atoms with Gasteiger partial charge in [0.05, 0.1) is 12.0 Å². The first-order valence-corrected chi connectivity index (χ1v) is 8.96. The van der Waals surface area contributed by atoms with Crippen molar-refractivity contribution in [1.82, 2.24) is 14.5 Å². The molecule has 1 saturated carbocycles. The Balaban J connectivity index is 1.71. The summed E-state index contributed by atoms with van der Waals surface area (Å²) in [5, 5.41) is 18.7. The summed E-state index contributed by atoms with van der Waals surface area (Å²) in [6.45, 7) is 4.16. The van der Waals surface area contributed by atoms with Crippen molar-refractivity contribution in [3.63, 3.8) is 0 Å². The molecule has 0 atom stereocenters. The zero-order valence-electron chi connectivity index (χ0n) is 14.5. The lowest BCUT2D eigenvalue weighted by molar-refractivity contribution is 0.0695. The maximum atomic E-state index is 12.5. The normalized spacial score (nSPS) is 18.4. The summed E-state index contributed by atoms with van der Waals surface area (Å²) in [5.74, 6) is -0.395. The molecule has 2 fully saturated rings. The Bertz CT molecular complexity index is 898. The van der Waals surface area contributed by atoms with Crippen molar-refractivity contribution in [2.24, 2.45) is 0 Å². The molecule has 138 valence electrons. The predicted molar refractivity (Wildman–Crippen MR) is 97.0 cm³/mol. The molecule has 0 amide bonds. The van der Waals surface area contributed by atoms with Crippen LogP contribution in [0.5, 0.6) is 0 Å². The number of aliphatic hydroxyl groups is 1. The first kappa shape index (κ1) is 17.0. The number of nitrogens with zero attached hydrogens (tertiary/aromatic N) is 4. The zero-order chi connectivity index (χ0) is 18.3. The number of aliphatic hydroxyl groups excluding tert-OH is 1. The molecule has 0 unspecified atom stereocenters. The van der Waals surface area contributed by atoms with Crippen molar-refractivity contribution in [2.45, 2.75) is 18.9 Å². The topological polar surface area (TPSA) is 98.9 Å². The number of hydrogen-bond donors (Lipinski definition) is 2. The van der Waals surface area contributed by atoms with Crippen molar-refractivity contribution < 1.29 is 15.0 Å². The van der Waals surface area contributed by atoms with Crippen LogP contribution in [0.3, 0.4) is 0 Å². The highest BCUT2D eigenvalue weighted by molar-refractivity contribution is 5.92. The van der Waals surface area contributed by atoms with E-state index in [0.717, 1.165) is 44.8 Å². The third-order valence-corrected chi connectivity index (χ3v) is 5.15. The second kappa shape index (κ2) is 6.69. The third kappa shape index (κ3) is 3.06. The van der Waals surface area contributed by atoms with Gasteiger partial charge in [0.2, 0.25) is 5.43 Å². The van der Waals surface area contributed by atoms with Gasteiger partial charge in [-0.3, -0.25) is 9.69 Å². The molecule has 0 radical (unpaired) electrons. The van der Waals surface area contributed by atoms with Gasteiger partial charge in [-0.2, -0.15) is 0 Å². The molecule has 2 aliphatic rings. The number of piperazine rings is 1. The molecule has 26 heavy (non-hydrogen) atoms. The summed E-state index contributed by atoms with van der Waals surface area (Å²) in [5.41, 5.74) is -0.106. The number of β-amino-alcohol motifs (C(OH)–C–C–N with tert-alkyl or cyclic N) is 1. The van der Waals surface area contributed by atoms with Crippen molar-refractivity contribution in [3.05, 3.63) is 34.1 Å². The largest absolute Gasteiger partial charge is 0.477 e. The van der Waals surface area contributed by atoms with E-state index in [2.05, 4.69) is 9.80 Å². The lowest BCUT2D eigenvalue weighted by Crippen LogP contribution is -2.47. The fourth-order valence-electron chi connectivity index (χ4n) is 3.52. The van der Waals surface area contributed by atoms with Crippen LogP contribution in [0.15, 0.2) is 23.1 Å². The molecule has 0 aromatic carbocycles. The number of aromatic nitrogens is 2. The molecule has 0 spiro atoms. The van der Waals surface area contributed by atoms with Gasteiger partial charge in [0.1, 0.15) is 17.0 Å². The smallest absolute Gasteiger partial charge is 0.341 e. The second-order valence-corrected chi connectivity index (χ2v) is 6.91. The van der Waals surface area contributed by atoms with Crippen LogP contribution in [-0.4, -0.2) is 70.0 Å². The van der Waals surface area contributed by atoms with E-state index in [1.807, 2.05) is 4.57 Å². The number of fused-ring (bicyclic) bond motifs is 1. The number of pyridine rings is 2. The minimum absolute atomic E-state index is 0.161. The maximum Gasteiger partial charge on any atom is 0.341 e. The first-order valence-electron chi connectivity index (χ1n) is 8.96. The Morgan fingerprint density at radius 3 is 2.54 bits per heavy atom. The van der Waals surface area contributed by atoms with E-state index in [1.54, 1.807) is 12.1 Å². The minimum atomic E-state index is -1.20. The van der Waals surface area contributed by atoms with Crippen LogP contribution in [-0.2, 0) is 0 Å². The number of carbonyl (C=O) groups is 1. The van der Waals surface area contributed by atoms with Gasteiger partial charge in [-0.25, -0.2) is 9.78 Å². The summed E-state index contributed by atoms with van der Waals surface area (Å²) < 4.78 is 1.85. The average Bonchev–Trinajstić information content (AvgIpc) is 3.47. The van der Waals surface area contributed by atoms with E-state index in [9.17, 15) is 14.7 Å². The minimum Gasteiger partial charge on any atom is -0.477 e. The van der Waals surface area contributed by atoms with E-state index in [4.69, 9.17) is 10.1 Å². The summed E-state index contributed by atoms with van der Waals surface area (Å²) in [4.78, 5) is 33.0. The first-order chi connectivity index (χ1) is 12.6.